The molecule has 1 atom stereocenters. The molecule has 0 fully saturated rings. The van der Waals surface area contributed by atoms with Crippen molar-refractivity contribution < 1.29 is 18.0 Å². The van der Waals surface area contributed by atoms with Gasteiger partial charge in [-0.2, -0.15) is 0 Å². The monoisotopic (exact) mass is 549 g/mol. The average molecular weight is 550 g/mol. The van der Waals surface area contributed by atoms with Crippen molar-refractivity contribution in [2.24, 2.45) is 0 Å². The van der Waals surface area contributed by atoms with Crippen LogP contribution in [0.5, 0.6) is 0 Å². The van der Waals surface area contributed by atoms with E-state index in [-0.39, 0.29) is 18.9 Å². The van der Waals surface area contributed by atoms with Gasteiger partial charge in [-0.15, -0.1) is 0 Å². The fraction of sp³-hybridized carbons (Fsp3) is 0.355. The quantitative estimate of drug-likeness (QED) is 0.400. The van der Waals surface area contributed by atoms with Crippen LogP contribution in [0.2, 0.25) is 0 Å². The van der Waals surface area contributed by atoms with Crippen molar-refractivity contribution in [1.29, 1.82) is 0 Å². The second kappa shape index (κ2) is 12.5. The minimum atomic E-state index is -3.80. The highest BCUT2D eigenvalue weighted by Crippen LogP contribution is 2.23. The van der Waals surface area contributed by atoms with Gasteiger partial charge in [0.2, 0.25) is 21.8 Å². The number of aryl methyl sites for hydroxylation is 2. The zero-order chi connectivity index (χ0) is 28.8. The first-order chi connectivity index (χ1) is 18.2. The van der Waals surface area contributed by atoms with E-state index in [2.05, 4.69) is 5.32 Å². The van der Waals surface area contributed by atoms with Gasteiger partial charge < -0.3 is 10.2 Å². The van der Waals surface area contributed by atoms with Crippen LogP contribution in [0.15, 0.2) is 78.9 Å². The number of hydrogen-bond acceptors (Lipinski definition) is 4. The molecule has 0 saturated heterocycles. The van der Waals surface area contributed by atoms with Crippen LogP contribution in [0.1, 0.15) is 43.0 Å². The molecule has 39 heavy (non-hydrogen) atoms. The van der Waals surface area contributed by atoms with Crippen LogP contribution in [-0.2, 0) is 32.6 Å². The van der Waals surface area contributed by atoms with Crippen LogP contribution < -0.4 is 9.62 Å². The Balaban J connectivity index is 2.08. The Morgan fingerprint density at radius 3 is 2.00 bits per heavy atom. The van der Waals surface area contributed by atoms with Gasteiger partial charge in [0, 0.05) is 18.5 Å². The second-order valence-corrected chi connectivity index (χ2v) is 12.9. The highest BCUT2D eigenvalue weighted by Gasteiger charge is 2.34. The lowest BCUT2D eigenvalue weighted by Crippen LogP contribution is -2.56. The van der Waals surface area contributed by atoms with Gasteiger partial charge in [-0.3, -0.25) is 13.9 Å². The molecule has 208 valence electrons. The number of para-hydroxylation sites is 1. The van der Waals surface area contributed by atoms with Gasteiger partial charge in [0.1, 0.15) is 12.6 Å². The van der Waals surface area contributed by atoms with Gasteiger partial charge in [0.25, 0.3) is 0 Å². The molecular formula is C31H39N3O4S. The molecule has 0 aliphatic rings. The minimum absolute atomic E-state index is 0.152. The Labute approximate surface area is 232 Å². The van der Waals surface area contributed by atoms with Crippen LogP contribution in [0, 0.1) is 13.8 Å². The molecule has 3 aromatic carbocycles. The topological polar surface area (TPSA) is 86.8 Å². The predicted molar refractivity (Wildman–Crippen MR) is 157 cm³/mol. The summed E-state index contributed by atoms with van der Waals surface area (Å²) in [6, 6.07) is 23.5. The largest absolute Gasteiger partial charge is 0.350 e. The van der Waals surface area contributed by atoms with Crippen molar-refractivity contribution in [2.75, 3.05) is 17.1 Å². The van der Waals surface area contributed by atoms with Crippen LogP contribution in [0.3, 0.4) is 0 Å². The van der Waals surface area contributed by atoms with Gasteiger partial charge in [-0.25, -0.2) is 8.42 Å². The number of nitrogens with one attached hydrogen (secondary N) is 1. The first kappa shape index (κ1) is 29.9. The number of hydrogen-bond donors (Lipinski definition) is 1. The van der Waals surface area contributed by atoms with E-state index in [1.807, 2.05) is 88.4 Å². The molecule has 7 nitrogen and oxygen atoms in total. The van der Waals surface area contributed by atoms with Crippen molar-refractivity contribution in [3.63, 3.8) is 0 Å². The van der Waals surface area contributed by atoms with Crippen LogP contribution in [-0.4, -0.2) is 49.5 Å². The number of nitrogens with zero attached hydrogens (tertiary/aromatic N) is 2. The molecule has 0 saturated carbocycles. The van der Waals surface area contributed by atoms with E-state index in [9.17, 15) is 18.0 Å². The van der Waals surface area contributed by atoms with Gasteiger partial charge in [-0.1, -0.05) is 78.4 Å². The summed E-state index contributed by atoms with van der Waals surface area (Å²) in [6.07, 6.45) is 1.37. The molecule has 0 radical (unpaired) electrons. The van der Waals surface area contributed by atoms with Gasteiger partial charge in [-0.05, 0) is 57.4 Å². The number of carbonyl (C=O) groups excluding carboxylic acids is 2. The Morgan fingerprint density at radius 1 is 0.846 bits per heavy atom. The summed E-state index contributed by atoms with van der Waals surface area (Å²) in [6.45, 7) is 9.18. The third-order valence-electron chi connectivity index (χ3n) is 6.31. The standard InChI is InChI=1S/C31H39N3O4S/c1-23-16-18-26(19-17-23)21-33(28(30(36)32-31(3,4)5)20-25-13-8-7-9-14-25)29(35)22-34(39(6,37)38)27-15-11-10-12-24(27)2/h7-19,28H,20-22H2,1-6H3,(H,32,36). The molecule has 0 heterocycles. The number of anilines is 1. The van der Waals surface area contributed by atoms with Crippen LogP contribution in [0.25, 0.3) is 0 Å². The zero-order valence-corrected chi connectivity index (χ0v) is 24.5. The molecule has 3 aromatic rings. The third kappa shape index (κ3) is 8.68. The fourth-order valence-corrected chi connectivity index (χ4v) is 5.24. The maximum atomic E-state index is 14.1. The summed E-state index contributed by atoms with van der Waals surface area (Å²) < 4.78 is 26.9. The molecule has 2 amide bonds. The lowest BCUT2D eigenvalue weighted by atomic mass is 10.0. The van der Waals surface area contributed by atoms with Crippen LogP contribution in [0.4, 0.5) is 5.69 Å². The highest BCUT2D eigenvalue weighted by molar-refractivity contribution is 7.92. The molecule has 0 aromatic heterocycles. The van der Waals surface area contributed by atoms with Crippen molar-refractivity contribution in [3.8, 4) is 0 Å². The SMILES string of the molecule is Cc1ccc(CN(C(=O)CN(c2ccccc2C)S(C)(=O)=O)C(Cc2ccccc2)C(=O)NC(C)(C)C)cc1. The number of rotatable bonds is 10. The van der Waals surface area contributed by atoms with E-state index < -0.39 is 34.1 Å². The summed E-state index contributed by atoms with van der Waals surface area (Å²) in [5.41, 5.74) is 3.45. The third-order valence-corrected chi connectivity index (χ3v) is 7.43. The summed E-state index contributed by atoms with van der Waals surface area (Å²) in [4.78, 5) is 29.3. The van der Waals surface area contributed by atoms with Gasteiger partial charge in [0.15, 0.2) is 0 Å². The molecule has 0 spiro atoms. The molecule has 3 rings (SSSR count). The molecule has 1 unspecified atom stereocenters. The normalized spacial score (nSPS) is 12.5. The van der Waals surface area contributed by atoms with E-state index in [4.69, 9.17) is 0 Å². The average Bonchev–Trinajstić information content (AvgIpc) is 2.85. The molecule has 0 aliphatic heterocycles. The summed E-state index contributed by atoms with van der Waals surface area (Å²) in [5, 5.41) is 3.03. The van der Waals surface area contributed by atoms with Crippen molar-refractivity contribution in [1.82, 2.24) is 10.2 Å². The molecule has 8 heteroatoms. The minimum Gasteiger partial charge on any atom is -0.350 e. The Hall–Kier alpha value is -3.65. The van der Waals surface area contributed by atoms with E-state index in [0.717, 1.165) is 32.8 Å². The molecular weight excluding hydrogens is 510 g/mol. The number of sulfonamides is 1. The molecule has 0 bridgehead atoms. The zero-order valence-electron chi connectivity index (χ0n) is 23.6. The Bertz CT molecular complexity index is 1380. The van der Waals surface area contributed by atoms with Crippen LogP contribution >= 0.6 is 0 Å². The second-order valence-electron chi connectivity index (χ2n) is 11.0. The van der Waals surface area contributed by atoms with Gasteiger partial charge >= 0.3 is 0 Å². The van der Waals surface area contributed by atoms with Crippen molar-refractivity contribution >= 4 is 27.5 Å². The maximum Gasteiger partial charge on any atom is 0.244 e. The van der Waals surface area contributed by atoms with E-state index >= 15 is 0 Å². The van der Waals surface area contributed by atoms with Gasteiger partial charge in [0.05, 0.1) is 11.9 Å². The van der Waals surface area contributed by atoms with Crippen molar-refractivity contribution in [2.45, 2.75) is 59.2 Å². The van der Waals surface area contributed by atoms with E-state index in [1.165, 1.54) is 4.90 Å². The smallest absolute Gasteiger partial charge is 0.244 e. The van der Waals surface area contributed by atoms with E-state index in [0.29, 0.717) is 5.69 Å². The highest BCUT2D eigenvalue weighted by atomic mass is 32.2. The van der Waals surface area contributed by atoms with E-state index in [1.54, 1.807) is 25.1 Å². The Morgan fingerprint density at radius 2 is 1.44 bits per heavy atom. The maximum absolute atomic E-state index is 14.1. The number of carbonyl (C=O) groups is 2. The summed E-state index contributed by atoms with van der Waals surface area (Å²) in [7, 11) is -3.80. The fourth-order valence-electron chi connectivity index (χ4n) is 4.34. The summed E-state index contributed by atoms with van der Waals surface area (Å²) in [5.74, 6) is -0.761. The first-order valence-corrected chi connectivity index (χ1v) is 14.8. The summed E-state index contributed by atoms with van der Waals surface area (Å²) >= 11 is 0. The molecule has 1 N–H and O–H groups in total. The number of benzene rings is 3. The Kier molecular flexibility index (Phi) is 9.56. The lowest BCUT2D eigenvalue weighted by Gasteiger charge is -2.35. The van der Waals surface area contributed by atoms with Crippen molar-refractivity contribution in [3.05, 3.63) is 101 Å². The lowest BCUT2D eigenvalue weighted by molar-refractivity contribution is -0.140. The molecule has 0 aliphatic carbocycles. The predicted octanol–water partition coefficient (Wildman–Crippen LogP) is 4.62. The number of amides is 2. The first-order valence-electron chi connectivity index (χ1n) is 13.0.